The van der Waals surface area contributed by atoms with E-state index in [-0.39, 0.29) is 25.6 Å². The molecule has 0 aromatic heterocycles. The smallest absolute Gasteiger partial charge is 0.317 e. The van der Waals surface area contributed by atoms with Crippen molar-refractivity contribution in [2.45, 2.75) is 32.2 Å². The number of rotatable bonds is 13. The van der Waals surface area contributed by atoms with Gasteiger partial charge in [0.25, 0.3) is 5.91 Å². The Morgan fingerprint density at radius 3 is 2.36 bits per heavy atom. The first-order chi connectivity index (χ1) is 18.6. The van der Waals surface area contributed by atoms with Crippen molar-refractivity contribution in [3.8, 4) is 0 Å². The van der Waals surface area contributed by atoms with E-state index in [0.717, 1.165) is 25.1 Å². The van der Waals surface area contributed by atoms with Gasteiger partial charge in [-0.05, 0) is 37.7 Å². The predicted molar refractivity (Wildman–Crippen MR) is 151 cm³/mol. The fourth-order valence-corrected chi connectivity index (χ4v) is 4.55. The molecule has 2 rings (SSSR count). The van der Waals surface area contributed by atoms with Crippen LogP contribution in [0.25, 0.3) is 0 Å². The Hall–Kier alpha value is -2.94. The molecule has 0 spiro atoms. The van der Waals surface area contributed by atoms with Gasteiger partial charge in [0.15, 0.2) is 11.7 Å². The number of amides is 1. The van der Waals surface area contributed by atoms with Crippen molar-refractivity contribution < 1.29 is 29.3 Å². The van der Waals surface area contributed by atoms with Crippen LogP contribution in [0.5, 0.6) is 0 Å². The van der Waals surface area contributed by atoms with Crippen LogP contribution in [0.3, 0.4) is 0 Å². The Balaban J connectivity index is 2.02. The standard InChI is InChI=1S/C25H43N7O6S/c1-3-4-7-28-24(39)29-9-8-27-21(33)17-38-20-6-5-19-14-31(15-22(34)35)12-10-26-11-13-32(16-23(36)37)18-25(20,2)30-19/h5-6,26,30H,3-4,7-18H2,1-2H3,(H,27,33)(H,34,35)(H,36,37)(H2,28,29,39). The Morgan fingerprint density at radius 1 is 1.03 bits per heavy atom. The third kappa shape index (κ3) is 12.6. The average molecular weight is 570 g/mol. The minimum absolute atomic E-state index is 0.107. The molecule has 2 aliphatic heterocycles. The summed E-state index contributed by atoms with van der Waals surface area (Å²) in [6.45, 7) is 7.95. The Kier molecular flexibility index (Phi) is 14.0. The van der Waals surface area contributed by atoms with Gasteiger partial charge in [0.1, 0.15) is 11.3 Å². The number of thiocarbonyl (C=S) groups is 1. The quantitative estimate of drug-likeness (QED) is 0.105. The average Bonchev–Trinajstić information content (AvgIpc) is 2.84. The molecule has 7 N–H and O–H groups in total. The largest absolute Gasteiger partial charge is 0.486 e. The molecule has 39 heavy (non-hydrogen) atoms. The van der Waals surface area contributed by atoms with Crippen LogP contribution < -0.4 is 26.6 Å². The molecule has 220 valence electrons. The lowest BCUT2D eigenvalue weighted by molar-refractivity contribution is -0.139. The van der Waals surface area contributed by atoms with Crippen LogP contribution in [-0.2, 0) is 19.1 Å². The number of hydrogen-bond acceptors (Lipinski definition) is 9. The molecule has 2 bridgehead atoms. The van der Waals surface area contributed by atoms with Crippen LogP contribution >= 0.6 is 12.2 Å². The maximum Gasteiger partial charge on any atom is 0.317 e. The number of carboxylic acid groups (broad SMARTS) is 2. The number of carbonyl (C=O) groups excluding carboxylic acids is 1. The van der Waals surface area contributed by atoms with Crippen LogP contribution in [0.4, 0.5) is 0 Å². The Morgan fingerprint density at radius 2 is 1.67 bits per heavy atom. The van der Waals surface area contributed by atoms with Gasteiger partial charge in [-0.1, -0.05) is 13.3 Å². The van der Waals surface area contributed by atoms with E-state index in [1.807, 2.05) is 16.7 Å². The van der Waals surface area contributed by atoms with E-state index in [0.29, 0.717) is 63.2 Å². The van der Waals surface area contributed by atoms with Crippen molar-refractivity contribution in [2.75, 3.05) is 78.6 Å². The summed E-state index contributed by atoms with van der Waals surface area (Å²) in [5.41, 5.74) is -0.0628. The van der Waals surface area contributed by atoms with Crippen LogP contribution in [-0.4, -0.2) is 127 Å². The lowest BCUT2D eigenvalue weighted by Gasteiger charge is -2.41. The van der Waals surface area contributed by atoms with E-state index < -0.39 is 17.5 Å². The summed E-state index contributed by atoms with van der Waals surface area (Å²) < 4.78 is 5.93. The third-order valence-corrected chi connectivity index (χ3v) is 6.47. The monoisotopic (exact) mass is 569 g/mol. The summed E-state index contributed by atoms with van der Waals surface area (Å²) >= 11 is 5.20. The van der Waals surface area contributed by atoms with Gasteiger partial charge in [0, 0.05) is 64.6 Å². The second kappa shape index (κ2) is 16.9. The van der Waals surface area contributed by atoms with Crippen molar-refractivity contribution in [1.82, 2.24) is 36.4 Å². The van der Waals surface area contributed by atoms with Gasteiger partial charge < -0.3 is 41.5 Å². The summed E-state index contributed by atoms with van der Waals surface area (Å²) in [4.78, 5) is 39.0. The highest BCUT2D eigenvalue weighted by atomic mass is 32.1. The van der Waals surface area contributed by atoms with Crippen molar-refractivity contribution >= 4 is 35.2 Å². The number of carbonyl (C=O) groups is 3. The number of aliphatic carboxylic acids is 2. The second-order valence-electron chi connectivity index (χ2n) is 9.81. The number of fused-ring (bicyclic) bond motifs is 2. The van der Waals surface area contributed by atoms with Gasteiger partial charge in [0.2, 0.25) is 0 Å². The lowest BCUT2D eigenvalue weighted by Crippen LogP contribution is -2.57. The molecular weight excluding hydrogens is 526 g/mol. The summed E-state index contributed by atoms with van der Waals surface area (Å²) in [6.07, 6.45) is 5.68. The molecule has 2 aliphatic rings. The van der Waals surface area contributed by atoms with E-state index in [4.69, 9.17) is 17.0 Å². The maximum atomic E-state index is 12.4. The van der Waals surface area contributed by atoms with E-state index in [9.17, 15) is 24.6 Å². The molecule has 0 aromatic rings. The van der Waals surface area contributed by atoms with Gasteiger partial charge in [-0.15, -0.1) is 0 Å². The molecule has 0 aliphatic carbocycles. The summed E-state index contributed by atoms with van der Waals surface area (Å²) in [5, 5.41) is 34.9. The highest BCUT2D eigenvalue weighted by Crippen LogP contribution is 2.25. The Bertz CT molecular complexity index is 915. The number of allylic oxidation sites excluding steroid dienone is 2. The highest BCUT2D eigenvalue weighted by molar-refractivity contribution is 7.80. The zero-order valence-corrected chi connectivity index (χ0v) is 23.7. The molecular formula is C25H43N7O6S. The fraction of sp³-hybridized carbons (Fsp3) is 0.680. The molecule has 1 amide bonds. The van der Waals surface area contributed by atoms with Crippen LogP contribution in [0.1, 0.15) is 26.7 Å². The predicted octanol–water partition coefficient (Wildman–Crippen LogP) is -1.11. The Labute approximate surface area is 235 Å². The van der Waals surface area contributed by atoms with Crippen LogP contribution in [0, 0.1) is 0 Å². The number of hydrogen-bond donors (Lipinski definition) is 7. The van der Waals surface area contributed by atoms with Crippen LogP contribution in [0.15, 0.2) is 23.6 Å². The maximum absolute atomic E-state index is 12.4. The van der Waals surface area contributed by atoms with Crippen molar-refractivity contribution in [2.24, 2.45) is 0 Å². The first-order valence-electron chi connectivity index (χ1n) is 13.3. The summed E-state index contributed by atoms with van der Waals surface area (Å²) in [7, 11) is 0. The number of nitrogens with zero attached hydrogens (tertiary/aromatic N) is 2. The molecule has 1 atom stereocenters. The minimum Gasteiger partial charge on any atom is -0.486 e. The zero-order valence-electron chi connectivity index (χ0n) is 22.9. The molecule has 1 fully saturated rings. The normalized spacial score (nSPS) is 20.7. The number of dihydropyridines is 1. The second-order valence-corrected chi connectivity index (χ2v) is 10.2. The zero-order chi connectivity index (χ0) is 28.7. The molecule has 0 radical (unpaired) electrons. The van der Waals surface area contributed by atoms with E-state index in [2.05, 4.69) is 33.5 Å². The summed E-state index contributed by atoms with van der Waals surface area (Å²) in [6, 6.07) is 0. The highest BCUT2D eigenvalue weighted by Gasteiger charge is 2.36. The molecule has 2 heterocycles. The van der Waals surface area contributed by atoms with E-state index >= 15 is 0 Å². The van der Waals surface area contributed by atoms with Crippen molar-refractivity contribution in [3.05, 3.63) is 23.6 Å². The topological polar surface area (TPSA) is 168 Å². The lowest BCUT2D eigenvalue weighted by atomic mass is 9.94. The molecule has 14 heteroatoms. The van der Waals surface area contributed by atoms with Gasteiger partial charge in [-0.25, -0.2) is 0 Å². The first kappa shape index (κ1) is 32.3. The number of ether oxygens (including phenoxy) is 1. The third-order valence-electron chi connectivity index (χ3n) is 6.18. The molecule has 0 saturated carbocycles. The summed E-state index contributed by atoms with van der Waals surface area (Å²) in [5.74, 6) is -1.66. The van der Waals surface area contributed by atoms with Crippen molar-refractivity contribution in [1.29, 1.82) is 0 Å². The SMILES string of the molecule is CCCCNC(=S)NCCNC(=O)COC1=CC=C2CN(CC(=O)O)CCNCCN(CC(=O)O)CC1(C)N2. The molecule has 1 saturated heterocycles. The van der Waals surface area contributed by atoms with Gasteiger partial charge in [0.05, 0.1) is 13.1 Å². The van der Waals surface area contributed by atoms with Gasteiger partial charge in [-0.3, -0.25) is 24.2 Å². The van der Waals surface area contributed by atoms with Crippen molar-refractivity contribution in [3.63, 3.8) is 0 Å². The minimum atomic E-state index is -0.940. The molecule has 0 aromatic carbocycles. The van der Waals surface area contributed by atoms with E-state index in [1.54, 1.807) is 12.2 Å². The van der Waals surface area contributed by atoms with Gasteiger partial charge in [-0.2, -0.15) is 0 Å². The van der Waals surface area contributed by atoms with Crippen LogP contribution in [0.2, 0.25) is 0 Å². The number of carboxylic acids is 2. The fourth-order valence-electron chi connectivity index (χ4n) is 4.35. The van der Waals surface area contributed by atoms with E-state index in [1.165, 1.54) is 0 Å². The number of nitrogens with one attached hydrogen (secondary N) is 5. The molecule has 1 unspecified atom stereocenters. The van der Waals surface area contributed by atoms with Gasteiger partial charge >= 0.3 is 11.9 Å². The number of unbranched alkanes of at least 4 members (excludes halogenated alkanes) is 1. The first-order valence-corrected chi connectivity index (χ1v) is 13.7. The molecule has 13 nitrogen and oxygen atoms in total.